The molecule has 1 aromatic heterocycles. The third-order valence-corrected chi connectivity index (χ3v) is 5.99. The second-order valence-electron chi connectivity index (χ2n) is 8.52. The number of nitrogens with zero attached hydrogens (tertiary/aromatic N) is 2. The quantitative estimate of drug-likeness (QED) is 0.678. The number of aromatic nitrogens is 1. The van der Waals surface area contributed by atoms with Crippen LogP contribution in [0.4, 0.5) is 0 Å². The molecular weight excluding hydrogens is 426 g/mol. The smallest absolute Gasteiger partial charge is 0.280 e. The zero-order valence-corrected chi connectivity index (χ0v) is 19.2. The SMILES string of the molecule is Cc1oc(-c2ccccc2)nc1CC1COC(C)(C(=O)NCCC(=O)N2CCOCC2)OC1. The molecule has 2 aliphatic rings. The fourth-order valence-corrected chi connectivity index (χ4v) is 3.90. The van der Waals surface area contributed by atoms with Crippen LogP contribution in [0.3, 0.4) is 0 Å². The minimum absolute atomic E-state index is 0.00662. The van der Waals surface area contributed by atoms with Gasteiger partial charge in [0.25, 0.3) is 5.91 Å². The fraction of sp³-hybridized carbons (Fsp3) is 0.542. The molecule has 178 valence electrons. The molecule has 9 heteroatoms. The molecule has 9 nitrogen and oxygen atoms in total. The predicted octanol–water partition coefficient (Wildman–Crippen LogP) is 1.94. The summed E-state index contributed by atoms with van der Waals surface area (Å²) in [6.45, 7) is 6.77. The maximum atomic E-state index is 12.6. The maximum absolute atomic E-state index is 12.6. The number of nitrogens with one attached hydrogen (secondary N) is 1. The maximum Gasteiger partial charge on any atom is 0.280 e. The molecule has 2 amide bonds. The van der Waals surface area contributed by atoms with Gasteiger partial charge in [0.1, 0.15) is 5.76 Å². The van der Waals surface area contributed by atoms with Gasteiger partial charge in [0, 0.05) is 44.0 Å². The lowest BCUT2D eigenvalue weighted by molar-refractivity contribution is -0.259. The Hall–Kier alpha value is -2.75. The third kappa shape index (κ3) is 5.79. The highest BCUT2D eigenvalue weighted by atomic mass is 16.7. The van der Waals surface area contributed by atoms with Gasteiger partial charge in [-0.15, -0.1) is 0 Å². The summed E-state index contributed by atoms with van der Waals surface area (Å²) in [6, 6.07) is 9.76. The Morgan fingerprint density at radius 2 is 1.85 bits per heavy atom. The molecule has 2 saturated heterocycles. The number of benzene rings is 1. The Morgan fingerprint density at radius 3 is 2.55 bits per heavy atom. The van der Waals surface area contributed by atoms with Crippen molar-refractivity contribution in [3.63, 3.8) is 0 Å². The van der Waals surface area contributed by atoms with E-state index in [9.17, 15) is 9.59 Å². The van der Waals surface area contributed by atoms with E-state index in [0.717, 1.165) is 17.0 Å². The van der Waals surface area contributed by atoms with Crippen molar-refractivity contribution in [2.75, 3.05) is 46.1 Å². The summed E-state index contributed by atoms with van der Waals surface area (Å²) in [4.78, 5) is 31.2. The summed E-state index contributed by atoms with van der Waals surface area (Å²) >= 11 is 0. The van der Waals surface area contributed by atoms with Crippen LogP contribution in [-0.2, 0) is 30.2 Å². The molecule has 0 saturated carbocycles. The van der Waals surface area contributed by atoms with Crippen molar-refractivity contribution in [2.45, 2.75) is 32.5 Å². The number of carbonyl (C=O) groups is 2. The lowest BCUT2D eigenvalue weighted by Gasteiger charge is -2.36. The number of rotatable bonds is 7. The van der Waals surface area contributed by atoms with Crippen LogP contribution in [0.15, 0.2) is 34.7 Å². The third-order valence-electron chi connectivity index (χ3n) is 5.99. The van der Waals surface area contributed by atoms with E-state index in [1.807, 2.05) is 37.3 Å². The Labute approximate surface area is 193 Å². The summed E-state index contributed by atoms with van der Waals surface area (Å²) in [5.74, 6) is -0.318. The molecule has 0 spiro atoms. The molecule has 2 aromatic rings. The van der Waals surface area contributed by atoms with E-state index in [2.05, 4.69) is 10.3 Å². The molecule has 0 aliphatic carbocycles. The highest BCUT2D eigenvalue weighted by molar-refractivity contribution is 5.84. The van der Waals surface area contributed by atoms with E-state index in [-0.39, 0.29) is 30.7 Å². The van der Waals surface area contributed by atoms with E-state index < -0.39 is 5.79 Å². The second-order valence-corrected chi connectivity index (χ2v) is 8.52. The van der Waals surface area contributed by atoms with Gasteiger partial charge in [0.15, 0.2) is 0 Å². The summed E-state index contributed by atoms with van der Waals surface area (Å²) < 4.78 is 22.7. The Balaban J connectivity index is 1.23. The van der Waals surface area contributed by atoms with Crippen molar-refractivity contribution in [1.82, 2.24) is 15.2 Å². The average Bonchev–Trinajstić information content (AvgIpc) is 3.21. The summed E-state index contributed by atoms with van der Waals surface area (Å²) in [6.07, 6.45) is 0.869. The van der Waals surface area contributed by atoms with Gasteiger partial charge in [0.05, 0.1) is 32.1 Å². The molecule has 4 rings (SSSR count). The molecule has 0 unspecified atom stereocenters. The van der Waals surface area contributed by atoms with Gasteiger partial charge in [-0.2, -0.15) is 0 Å². The average molecular weight is 458 g/mol. The highest BCUT2D eigenvalue weighted by Crippen LogP contribution is 2.27. The summed E-state index contributed by atoms with van der Waals surface area (Å²) in [5, 5.41) is 2.76. The molecular formula is C24H31N3O6. The van der Waals surface area contributed by atoms with Gasteiger partial charge >= 0.3 is 0 Å². The van der Waals surface area contributed by atoms with Crippen molar-refractivity contribution in [3.05, 3.63) is 41.8 Å². The number of carbonyl (C=O) groups excluding carboxylic acids is 2. The number of morpholine rings is 1. The minimum atomic E-state index is -1.37. The first-order valence-corrected chi connectivity index (χ1v) is 11.4. The molecule has 0 bridgehead atoms. The molecule has 0 atom stereocenters. The van der Waals surface area contributed by atoms with Crippen molar-refractivity contribution in [3.8, 4) is 11.5 Å². The second kappa shape index (κ2) is 10.5. The van der Waals surface area contributed by atoms with Gasteiger partial charge < -0.3 is 28.8 Å². The summed E-state index contributed by atoms with van der Waals surface area (Å²) in [5.41, 5.74) is 1.79. The van der Waals surface area contributed by atoms with E-state index >= 15 is 0 Å². The monoisotopic (exact) mass is 457 g/mol. The zero-order chi connectivity index (χ0) is 23.3. The van der Waals surface area contributed by atoms with Crippen molar-refractivity contribution >= 4 is 11.8 Å². The van der Waals surface area contributed by atoms with E-state index in [1.165, 1.54) is 0 Å². The number of oxazole rings is 1. The molecule has 3 heterocycles. The van der Waals surface area contributed by atoms with E-state index in [4.69, 9.17) is 18.6 Å². The van der Waals surface area contributed by atoms with Crippen LogP contribution in [-0.4, -0.2) is 73.5 Å². The van der Waals surface area contributed by atoms with Crippen molar-refractivity contribution in [2.24, 2.45) is 5.92 Å². The van der Waals surface area contributed by atoms with Crippen LogP contribution in [0.1, 0.15) is 24.8 Å². The first-order chi connectivity index (χ1) is 15.9. The number of ether oxygens (including phenoxy) is 3. The number of amides is 2. The van der Waals surface area contributed by atoms with Gasteiger partial charge in [-0.25, -0.2) is 4.98 Å². The normalized spacial score (nSPS) is 23.3. The van der Waals surface area contributed by atoms with Crippen LogP contribution in [0.2, 0.25) is 0 Å². The minimum Gasteiger partial charge on any atom is -0.441 e. The largest absolute Gasteiger partial charge is 0.441 e. The molecule has 1 N–H and O–H groups in total. The van der Waals surface area contributed by atoms with Crippen LogP contribution in [0.25, 0.3) is 11.5 Å². The predicted molar refractivity (Wildman–Crippen MR) is 119 cm³/mol. The van der Waals surface area contributed by atoms with Crippen LogP contribution in [0.5, 0.6) is 0 Å². The van der Waals surface area contributed by atoms with Crippen LogP contribution in [0, 0.1) is 12.8 Å². The lowest BCUT2D eigenvalue weighted by atomic mass is 10.0. The van der Waals surface area contributed by atoms with Crippen molar-refractivity contribution < 1.29 is 28.2 Å². The number of hydrogen-bond donors (Lipinski definition) is 1. The topological polar surface area (TPSA) is 103 Å². The molecule has 1 aromatic carbocycles. The van der Waals surface area contributed by atoms with E-state index in [0.29, 0.717) is 51.8 Å². The Kier molecular flexibility index (Phi) is 7.42. The lowest BCUT2D eigenvalue weighted by Crippen LogP contribution is -2.53. The van der Waals surface area contributed by atoms with Gasteiger partial charge in [-0.1, -0.05) is 18.2 Å². The van der Waals surface area contributed by atoms with Gasteiger partial charge in [0.2, 0.25) is 17.6 Å². The fourth-order valence-electron chi connectivity index (χ4n) is 3.90. The van der Waals surface area contributed by atoms with Gasteiger partial charge in [-0.05, 0) is 26.0 Å². The number of hydrogen-bond acceptors (Lipinski definition) is 7. The number of aryl methyl sites for hydroxylation is 1. The molecule has 2 fully saturated rings. The first kappa shape index (κ1) is 23.4. The molecule has 2 aliphatic heterocycles. The van der Waals surface area contributed by atoms with Crippen molar-refractivity contribution in [1.29, 1.82) is 0 Å². The van der Waals surface area contributed by atoms with Gasteiger partial charge in [-0.3, -0.25) is 9.59 Å². The Bertz CT molecular complexity index is 946. The standard InChI is InChI=1S/C24H31N3O6/c1-17-20(26-22(33-17)19-6-4-3-5-7-19)14-18-15-31-24(2,32-16-18)23(29)25-9-8-21(28)27-10-12-30-13-11-27/h3-7,18H,8-16H2,1-2H3,(H,25,29). The van der Waals surface area contributed by atoms with Crippen LogP contribution < -0.4 is 5.32 Å². The van der Waals surface area contributed by atoms with Crippen LogP contribution >= 0.6 is 0 Å². The highest BCUT2D eigenvalue weighted by Gasteiger charge is 2.40. The zero-order valence-electron chi connectivity index (χ0n) is 19.2. The first-order valence-electron chi connectivity index (χ1n) is 11.4. The molecule has 33 heavy (non-hydrogen) atoms. The Morgan fingerprint density at radius 1 is 1.15 bits per heavy atom. The molecule has 0 radical (unpaired) electrons. The van der Waals surface area contributed by atoms with E-state index in [1.54, 1.807) is 11.8 Å². The summed E-state index contributed by atoms with van der Waals surface area (Å²) in [7, 11) is 0.